The molecule has 0 aromatic heterocycles. The number of aliphatic carboxylic acids is 1. The first-order valence-electron chi connectivity index (χ1n) is 5.40. The SMILES string of the molecule is NCC1(C(=O)N[C@H](CCO)C(=O)O)CCC1. The van der Waals surface area contributed by atoms with Gasteiger partial charge in [-0.25, -0.2) is 4.79 Å². The third kappa shape index (κ3) is 2.51. The van der Waals surface area contributed by atoms with Gasteiger partial charge in [-0.05, 0) is 12.8 Å². The lowest BCUT2D eigenvalue weighted by Crippen LogP contribution is -2.54. The molecule has 0 unspecified atom stereocenters. The van der Waals surface area contributed by atoms with Gasteiger partial charge < -0.3 is 21.3 Å². The van der Waals surface area contributed by atoms with Crippen molar-refractivity contribution in [1.29, 1.82) is 0 Å². The van der Waals surface area contributed by atoms with E-state index in [4.69, 9.17) is 15.9 Å². The zero-order chi connectivity index (χ0) is 12.2. The summed E-state index contributed by atoms with van der Waals surface area (Å²) in [5.41, 5.74) is 4.96. The maximum Gasteiger partial charge on any atom is 0.326 e. The van der Waals surface area contributed by atoms with Gasteiger partial charge in [-0.3, -0.25) is 4.79 Å². The number of aliphatic hydroxyl groups excluding tert-OH is 1. The van der Waals surface area contributed by atoms with Gasteiger partial charge in [0.15, 0.2) is 0 Å². The molecule has 0 heterocycles. The minimum atomic E-state index is -1.13. The molecular weight excluding hydrogens is 212 g/mol. The second-order valence-electron chi connectivity index (χ2n) is 4.21. The lowest BCUT2D eigenvalue weighted by molar-refractivity contribution is -0.145. The van der Waals surface area contributed by atoms with Crippen LogP contribution in [-0.2, 0) is 9.59 Å². The number of rotatable bonds is 6. The molecular formula is C10H18N2O4. The number of nitrogens with two attached hydrogens (primary N) is 1. The van der Waals surface area contributed by atoms with E-state index in [9.17, 15) is 9.59 Å². The van der Waals surface area contributed by atoms with Crippen LogP contribution < -0.4 is 11.1 Å². The summed E-state index contributed by atoms with van der Waals surface area (Å²) < 4.78 is 0. The molecule has 1 aliphatic rings. The molecule has 0 spiro atoms. The number of amides is 1. The Morgan fingerprint density at radius 2 is 2.06 bits per heavy atom. The predicted octanol–water partition coefficient (Wildman–Crippen LogP) is -0.933. The largest absolute Gasteiger partial charge is 0.480 e. The van der Waals surface area contributed by atoms with Gasteiger partial charge in [0.2, 0.25) is 5.91 Å². The van der Waals surface area contributed by atoms with E-state index >= 15 is 0 Å². The smallest absolute Gasteiger partial charge is 0.326 e. The van der Waals surface area contributed by atoms with E-state index in [1.807, 2.05) is 0 Å². The van der Waals surface area contributed by atoms with Crippen LogP contribution in [0.4, 0.5) is 0 Å². The molecule has 6 heteroatoms. The number of aliphatic hydroxyl groups is 1. The van der Waals surface area contributed by atoms with E-state index in [1.165, 1.54) is 0 Å². The van der Waals surface area contributed by atoms with Crippen LogP contribution in [0.1, 0.15) is 25.7 Å². The molecule has 1 amide bonds. The van der Waals surface area contributed by atoms with Crippen molar-refractivity contribution < 1.29 is 19.8 Å². The maximum atomic E-state index is 11.8. The quantitative estimate of drug-likeness (QED) is 0.471. The van der Waals surface area contributed by atoms with Crippen LogP contribution in [0.2, 0.25) is 0 Å². The van der Waals surface area contributed by atoms with Gasteiger partial charge in [0, 0.05) is 19.6 Å². The van der Waals surface area contributed by atoms with Gasteiger partial charge in [-0.2, -0.15) is 0 Å². The van der Waals surface area contributed by atoms with Crippen LogP contribution in [0.15, 0.2) is 0 Å². The lowest BCUT2D eigenvalue weighted by Gasteiger charge is -2.39. The molecule has 6 nitrogen and oxygen atoms in total. The minimum absolute atomic E-state index is 0.0156. The average Bonchev–Trinajstić information content (AvgIpc) is 2.16. The monoisotopic (exact) mass is 230 g/mol. The highest BCUT2D eigenvalue weighted by molar-refractivity contribution is 5.88. The molecule has 16 heavy (non-hydrogen) atoms. The van der Waals surface area contributed by atoms with Gasteiger partial charge in [-0.15, -0.1) is 0 Å². The lowest BCUT2D eigenvalue weighted by atomic mass is 9.68. The average molecular weight is 230 g/mol. The van der Waals surface area contributed by atoms with Crippen molar-refractivity contribution in [2.75, 3.05) is 13.2 Å². The van der Waals surface area contributed by atoms with E-state index in [1.54, 1.807) is 0 Å². The molecule has 1 fully saturated rings. The number of carbonyl (C=O) groups excluding carboxylic acids is 1. The number of carboxylic acid groups (broad SMARTS) is 1. The zero-order valence-electron chi connectivity index (χ0n) is 9.11. The molecule has 1 atom stereocenters. The van der Waals surface area contributed by atoms with Gasteiger partial charge in [0.25, 0.3) is 0 Å². The molecule has 0 saturated heterocycles. The molecule has 0 aromatic rings. The van der Waals surface area contributed by atoms with Crippen molar-refractivity contribution in [3.8, 4) is 0 Å². The molecule has 0 radical (unpaired) electrons. The summed E-state index contributed by atoms with van der Waals surface area (Å²) in [6.07, 6.45) is 2.38. The van der Waals surface area contributed by atoms with Gasteiger partial charge >= 0.3 is 5.97 Å². The zero-order valence-corrected chi connectivity index (χ0v) is 9.11. The third-order valence-electron chi connectivity index (χ3n) is 3.20. The fraction of sp³-hybridized carbons (Fsp3) is 0.800. The van der Waals surface area contributed by atoms with Crippen molar-refractivity contribution in [2.24, 2.45) is 11.1 Å². The van der Waals surface area contributed by atoms with Crippen LogP contribution in [0.5, 0.6) is 0 Å². The van der Waals surface area contributed by atoms with Gasteiger partial charge in [0.05, 0.1) is 5.41 Å². The summed E-state index contributed by atoms with van der Waals surface area (Å²) in [7, 11) is 0. The number of carbonyl (C=O) groups is 2. The molecule has 92 valence electrons. The molecule has 1 saturated carbocycles. The summed E-state index contributed by atoms with van der Waals surface area (Å²) >= 11 is 0. The summed E-state index contributed by atoms with van der Waals surface area (Å²) in [6, 6.07) is -1.03. The van der Waals surface area contributed by atoms with Crippen molar-refractivity contribution in [3.05, 3.63) is 0 Å². The highest BCUT2D eigenvalue weighted by Crippen LogP contribution is 2.40. The van der Waals surface area contributed by atoms with E-state index < -0.39 is 17.4 Å². The topological polar surface area (TPSA) is 113 Å². The summed E-state index contributed by atoms with van der Waals surface area (Å²) in [5, 5.41) is 19.9. The van der Waals surface area contributed by atoms with E-state index in [0.717, 1.165) is 6.42 Å². The summed E-state index contributed by atoms with van der Waals surface area (Å²) in [5.74, 6) is -1.43. The van der Waals surface area contributed by atoms with Gasteiger partial charge in [0.1, 0.15) is 6.04 Å². The Bertz CT molecular complexity index is 270. The van der Waals surface area contributed by atoms with Crippen molar-refractivity contribution >= 4 is 11.9 Å². The highest BCUT2D eigenvalue weighted by Gasteiger charge is 2.43. The Kier molecular flexibility index (Phi) is 4.26. The van der Waals surface area contributed by atoms with Crippen molar-refractivity contribution in [3.63, 3.8) is 0 Å². The highest BCUT2D eigenvalue weighted by atomic mass is 16.4. The van der Waals surface area contributed by atoms with Crippen molar-refractivity contribution in [1.82, 2.24) is 5.32 Å². The first-order valence-corrected chi connectivity index (χ1v) is 5.40. The first-order chi connectivity index (χ1) is 7.55. The van der Waals surface area contributed by atoms with Crippen LogP contribution in [0.3, 0.4) is 0 Å². The predicted molar refractivity (Wildman–Crippen MR) is 56.6 cm³/mol. The van der Waals surface area contributed by atoms with E-state index in [0.29, 0.717) is 12.8 Å². The number of nitrogens with one attached hydrogen (secondary N) is 1. The second kappa shape index (κ2) is 5.27. The number of carboxylic acids is 1. The molecule has 5 N–H and O–H groups in total. The molecule has 1 rings (SSSR count). The fourth-order valence-corrected chi connectivity index (χ4v) is 1.83. The second-order valence-corrected chi connectivity index (χ2v) is 4.21. The maximum absolute atomic E-state index is 11.8. The Hall–Kier alpha value is -1.14. The summed E-state index contributed by atoms with van der Waals surface area (Å²) in [6.45, 7) is -0.0306. The van der Waals surface area contributed by atoms with Crippen LogP contribution in [0.25, 0.3) is 0 Å². The molecule has 1 aliphatic carbocycles. The minimum Gasteiger partial charge on any atom is -0.480 e. The molecule has 0 bridgehead atoms. The fourth-order valence-electron chi connectivity index (χ4n) is 1.83. The van der Waals surface area contributed by atoms with Gasteiger partial charge in [-0.1, -0.05) is 6.42 Å². The molecule has 0 aromatic carbocycles. The summed E-state index contributed by atoms with van der Waals surface area (Å²) in [4.78, 5) is 22.6. The normalized spacial score (nSPS) is 19.6. The van der Waals surface area contributed by atoms with E-state index in [-0.39, 0.29) is 25.5 Å². The Morgan fingerprint density at radius 3 is 2.38 bits per heavy atom. The Morgan fingerprint density at radius 1 is 1.44 bits per heavy atom. The Balaban J connectivity index is 2.57. The Labute approximate surface area is 93.8 Å². The van der Waals surface area contributed by atoms with Crippen LogP contribution >= 0.6 is 0 Å². The molecule has 0 aliphatic heterocycles. The number of hydrogen-bond donors (Lipinski definition) is 4. The first kappa shape index (κ1) is 12.9. The van der Waals surface area contributed by atoms with Crippen LogP contribution in [-0.4, -0.2) is 41.3 Å². The van der Waals surface area contributed by atoms with Crippen molar-refractivity contribution in [2.45, 2.75) is 31.7 Å². The third-order valence-corrected chi connectivity index (χ3v) is 3.20. The number of hydrogen-bond acceptors (Lipinski definition) is 4. The standard InChI is InChI=1S/C10H18N2O4/c11-6-10(3-1-4-10)9(16)12-7(2-5-13)8(14)15/h7,13H,1-6,11H2,(H,12,16)(H,14,15)/t7-/m1/s1. The van der Waals surface area contributed by atoms with Crippen LogP contribution in [0, 0.1) is 5.41 Å². The van der Waals surface area contributed by atoms with E-state index in [2.05, 4.69) is 5.32 Å².